The maximum atomic E-state index is 12.2. The monoisotopic (exact) mass is 425 g/mol. The second-order valence-electron chi connectivity index (χ2n) is 7.16. The Morgan fingerprint density at radius 2 is 1.83 bits per heavy atom. The van der Waals surface area contributed by atoms with Crippen LogP contribution in [0.15, 0.2) is 47.6 Å². The molecule has 0 atom stereocenters. The van der Waals surface area contributed by atoms with E-state index < -0.39 is 0 Å². The Hall–Kier alpha value is -3.00. The number of hydrogen-bond acceptors (Lipinski definition) is 6. The molecular formula is C22H27N5O2S. The standard InChI is InChI=1S/C22H27N5O2S/c1-4-5-17-6-8-18(9-7-17)24-21(28)14-30-22-26-25-20(27(22)23)13-29-19-11-15(2)10-16(3)12-19/h6-12H,4-5,13-14,23H2,1-3H3,(H,24,28). The molecule has 0 spiro atoms. The number of nitrogens with zero attached hydrogens (tertiary/aromatic N) is 3. The van der Waals surface area contributed by atoms with E-state index in [0.717, 1.165) is 35.4 Å². The highest BCUT2D eigenvalue weighted by atomic mass is 32.2. The molecule has 3 rings (SSSR count). The van der Waals surface area contributed by atoms with Crippen molar-refractivity contribution >= 4 is 23.4 Å². The fourth-order valence-electron chi connectivity index (χ4n) is 3.04. The number of anilines is 1. The van der Waals surface area contributed by atoms with Gasteiger partial charge >= 0.3 is 0 Å². The quantitative estimate of drug-likeness (QED) is 0.399. The minimum Gasteiger partial charge on any atom is -0.486 e. The molecule has 0 saturated carbocycles. The molecule has 0 aliphatic heterocycles. The number of thioether (sulfide) groups is 1. The number of ether oxygens (including phenoxy) is 1. The van der Waals surface area contributed by atoms with Crippen LogP contribution in [0, 0.1) is 13.8 Å². The van der Waals surface area contributed by atoms with Gasteiger partial charge in [-0.1, -0.05) is 43.3 Å². The lowest BCUT2D eigenvalue weighted by Gasteiger charge is -2.08. The first-order valence-corrected chi connectivity index (χ1v) is 10.8. The van der Waals surface area contributed by atoms with Gasteiger partial charge in [0.1, 0.15) is 12.4 Å². The van der Waals surface area contributed by atoms with Crippen molar-refractivity contribution in [3.8, 4) is 5.75 Å². The number of carbonyl (C=O) groups is 1. The summed E-state index contributed by atoms with van der Waals surface area (Å²) >= 11 is 1.23. The topological polar surface area (TPSA) is 95.1 Å². The molecule has 7 nitrogen and oxygen atoms in total. The van der Waals surface area contributed by atoms with Crippen molar-refractivity contribution in [2.75, 3.05) is 16.9 Å². The number of benzene rings is 2. The van der Waals surface area contributed by atoms with Crippen LogP contribution >= 0.6 is 11.8 Å². The Bertz CT molecular complexity index is 981. The number of rotatable bonds is 9. The fraction of sp³-hybridized carbons (Fsp3) is 0.318. The number of aryl methyl sites for hydroxylation is 3. The van der Waals surface area contributed by atoms with Crippen LogP contribution in [0.4, 0.5) is 5.69 Å². The second-order valence-corrected chi connectivity index (χ2v) is 8.11. The Morgan fingerprint density at radius 1 is 1.13 bits per heavy atom. The SMILES string of the molecule is CCCc1ccc(NC(=O)CSc2nnc(COc3cc(C)cc(C)c3)n2N)cc1. The van der Waals surface area contributed by atoms with Crippen LogP contribution in [0.2, 0.25) is 0 Å². The van der Waals surface area contributed by atoms with Crippen molar-refractivity contribution in [2.24, 2.45) is 0 Å². The number of nitrogens with two attached hydrogens (primary N) is 1. The van der Waals surface area contributed by atoms with Crippen LogP contribution in [-0.2, 0) is 17.8 Å². The van der Waals surface area contributed by atoms with Crippen LogP contribution in [0.3, 0.4) is 0 Å². The van der Waals surface area contributed by atoms with Gasteiger partial charge in [0.25, 0.3) is 0 Å². The number of nitrogens with one attached hydrogen (secondary N) is 1. The van der Waals surface area contributed by atoms with E-state index in [4.69, 9.17) is 10.6 Å². The van der Waals surface area contributed by atoms with Gasteiger partial charge in [0.2, 0.25) is 11.1 Å². The molecule has 0 aliphatic carbocycles. The van der Waals surface area contributed by atoms with Crippen molar-refractivity contribution in [2.45, 2.75) is 45.4 Å². The van der Waals surface area contributed by atoms with Crippen LogP contribution in [0.25, 0.3) is 0 Å². The molecule has 3 aromatic rings. The minimum absolute atomic E-state index is 0.126. The second kappa shape index (κ2) is 10.2. The molecule has 0 unspecified atom stereocenters. The molecule has 2 aromatic carbocycles. The van der Waals surface area contributed by atoms with Gasteiger partial charge in [-0.2, -0.15) is 0 Å². The average Bonchev–Trinajstić information content (AvgIpc) is 3.05. The molecule has 0 radical (unpaired) electrons. The summed E-state index contributed by atoms with van der Waals surface area (Å²) in [4.78, 5) is 12.2. The predicted octanol–water partition coefficient (Wildman–Crippen LogP) is 3.87. The van der Waals surface area contributed by atoms with Crippen LogP contribution in [0.1, 0.15) is 35.9 Å². The summed E-state index contributed by atoms with van der Waals surface area (Å²) in [6, 6.07) is 13.9. The highest BCUT2D eigenvalue weighted by Crippen LogP contribution is 2.19. The van der Waals surface area contributed by atoms with E-state index >= 15 is 0 Å². The maximum Gasteiger partial charge on any atom is 0.234 e. The lowest BCUT2D eigenvalue weighted by atomic mass is 10.1. The zero-order valence-electron chi connectivity index (χ0n) is 17.5. The van der Waals surface area contributed by atoms with Gasteiger partial charge in [-0.3, -0.25) is 4.79 Å². The number of hydrogen-bond donors (Lipinski definition) is 2. The first-order valence-electron chi connectivity index (χ1n) is 9.86. The van der Waals surface area contributed by atoms with E-state index in [-0.39, 0.29) is 18.3 Å². The van der Waals surface area contributed by atoms with Gasteiger partial charge in [0, 0.05) is 5.69 Å². The van der Waals surface area contributed by atoms with E-state index in [1.807, 2.05) is 50.2 Å². The van der Waals surface area contributed by atoms with E-state index in [1.165, 1.54) is 22.0 Å². The highest BCUT2D eigenvalue weighted by Gasteiger charge is 2.13. The summed E-state index contributed by atoms with van der Waals surface area (Å²) in [6.45, 7) is 6.38. The minimum atomic E-state index is -0.126. The highest BCUT2D eigenvalue weighted by molar-refractivity contribution is 7.99. The zero-order valence-corrected chi connectivity index (χ0v) is 18.3. The molecule has 1 heterocycles. The van der Waals surface area contributed by atoms with Gasteiger partial charge in [-0.15, -0.1) is 10.2 Å². The van der Waals surface area contributed by atoms with Gasteiger partial charge in [-0.25, -0.2) is 4.68 Å². The third-order valence-corrected chi connectivity index (χ3v) is 5.35. The van der Waals surface area contributed by atoms with Crippen molar-refractivity contribution in [3.63, 3.8) is 0 Å². The van der Waals surface area contributed by atoms with Crippen molar-refractivity contribution in [1.29, 1.82) is 0 Å². The number of amides is 1. The molecule has 0 fully saturated rings. The molecule has 30 heavy (non-hydrogen) atoms. The summed E-state index contributed by atoms with van der Waals surface area (Å²) in [6.07, 6.45) is 2.13. The predicted molar refractivity (Wildman–Crippen MR) is 120 cm³/mol. The Labute approximate surface area is 181 Å². The molecule has 0 aliphatic rings. The van der Waals surface area contributed by atoms with Crippen molar-refractivity contribution < 1.29 is 9.53 Å². The van der Waals surface area contributed by atoms with E-state index in [2.05, 4.69) is 28.5 Å². The fourth-order valence-corrected chi connectivity index (χ4v) is 3.71. The molecule has 1 amide bonds. The van der Waals surface area contributed by atoms with Gasteiger partial charge in [-0.05, 0) is 61.2 Å². The van der Waals surface area contributed by atoms with Crippen LogP contribution < -0.4 is 15.9 Å². The molecule has 158 valence electrons. The van der Waals surface area contributed by atoms with Crippen molar-refractivity contribution in [3.05, 3.63) is 65.0 Å². The average molecular weight is 426 g/mol. The lowest BCUT2D eigenvalue weighted by molar-refractivity contribution is -0.113. The molecule has 3 N–H and O–H groups in total. The van der Waals surface area contributed by atoms with Crippen LogP contribution in [0.5, 0.6) is 5.75 Å². The summed E-state index contributed by atoms with van der Waals surface area (Å²) in [5.74, 6) is 7.38. The van der Waals surface area contributed by atoms with Gasteiger partial charge < -0.3 is 15.9 Å². The maximum absolute atomic E-state index is 12.2. The normalized spacial score (nSPS) is 10.8. The molecular weight excluding hydrogens is 398 g/mol. The Morgan fingerprint density at radius 3 is 2.50 bits per heavy atom. The summed E-state index contributed by atoms with van der Waals surface area (Å²) in [5, 5.41) is 11.5. The smallest absolute Gasteiger partial charge is 0.234 e. The van der Waals surface area contributed by atoms with E-state index in [1.54, 1.807) is 0 Å². The van der Waals surface area contributed by atoms with Gasteiger partial charge in [0.05, 0.1) is 5.75 Å². The lowest BCUT2D eigenvalue weighted by Crippen LogP contribution is -2.18. The molecule has 8 heteroatoms. The largest absolute Gasteiger partial charge is 0.486 e. The first kappa shape index (κ1) is 21.7. The first-order chi connectivity index (χ1) is 14.4. The van der Waals surface area contributed by atoms with E-state index in [9.17, 15) is 4.79 Å². The van der Waals surface area contributed by atoms with Gasteiger partial charge in [0.15, 0.2) is 5.82 Å². The summed E-state index contributed by atoms with van der Waals surface area (Å²) < 4.78 is 7.15. The third kappa shape index (κ3) is 6.00. The summed E-state index contributed by atoms with van der Waals surface area (Å²) in [7, 11) is 0. The van der Waals surface area contributed by atoms with Crippen LogP contribution in [-0.4, -0.2) is 26.5 Å². The zero-order chi connectivity index (χ0) is 21.5. The summed E-state index contributed by atoms with van der Waals surface area (Å²) in [5.41, 5.74) is 4.29. The number of nitrogen functional groups attached to an aromatic ring is 1. The molecule has 0 bridgehead atoms. The number of carbonyl (C=O) groups excluding carboxylic acids is 1. The Kier molecular flexibility index (Phi) is 7.35. The van der Waals surface area contributed by atoms with Crippen molar-refractivity contribution in [1.82, 2.24) is 14.9 Å². The Balaban J connectivity index is 1.51. The van der Waals surface area contributed by atoms with E-state index in [0.29, 0.717) is 11.0 Å². The third-order valence-electron chi connectivity index (χ3n) is 4.41. The molecule has 1 aromatic heterocycles. The number of aromatic nitrogens is 3. The molecule has 0 saturated heterocycles.